The molecule has 2 aromatic carbocycles. The predicted molar refractivity (Wildman–Crippen MR) is 122 cm³/mol. The molecule has 4 nitrogen and oxygen atoms in total. The van der Waals surface area contributed by atoms with Crippen molar-refractivity contribution in [3.63, 3.8) is 0 Å². The molecule has 0 radical (unpaired) electrons. The number of halogens is 6. The van der Waals surface area contributed by atoms with Gasteiger partial charge in [-0.2, -0.15) is 26.3 Å². The number of hydrogen-bond donors (Lipinski definition) is 2. The zero-order valence-electron chi connectivity index (χ0n) is 19.2. The number of aliphatic imine (C=N–C) groups is 2. The smallest absolute Gasteiger partial charge is 0.416 e. The summed E-state index contributed by atoms with van der Waals surface area (Å²) in [6.07, 6.45) is -4.62. The molecule has 1 fully saturated rings. The fourth-order valence-electron chi connectivity index (χ4n) is 4.08. The van der Waals surface area contributed by atoms with Crippen molar-refractivity contribution in [1.29, 1.82) is 0 Å². The molecule has 2 aromatic rings. The van der Waals surface area contributed by atoms with Gasteiger partial charge in [0.1, 0.15) is 11.5 Å². The van der Waals surface area contributed by atoms with Crippen LogP contribution in [0.4, 0.5) is 26.3 Å². The van der Waals surface area contributed by atoms with Gasteiger partial charge in [0.15, 0.2) is 0 Å². The summed E-state index contributed by atoms with van der Waals surface area (Å²) in [5.41, 5.74) is -1.44. The Morgan fingerprint density at radius 3 is 1.43 bits per heavy atom. The van der Waals surface area contributed by atoms with Gasteiger partial charge in [0.05, 0.1) is 23.2 Å². The first kappa shape index (κ1) is 26.6. The number of benzene rings is 2. The van der Waals surface area contributed by atoms with Crippen molar-refractivity contribution in [3.8, 4) is 11.5 Å². The van der Waals surface area contributed by atoms with Gasteiger partial charge in [-0.15, -0.1) is 0 Å². The van der Waals surface area contributed by atoms with Crippen molar-refractivity contribution in [1.82, 2.24) is 0 Å². The maximum atomic E-state index is 13.2. The topological polar surface area (TPSA) is 65.2 Å². The van der Waals surface area contributed by atoms with Crippen LogP contribution in [0.25, 0.3) is 0 Å². The molecule has 0 heterocycles. The van der Waals surface area contributed by atoms with Crippen LogP contribution >= 0.6 is 0 Å². The molecule has 0 bridgehead atoms. The van der Waals surface area contributed by atoms with E-state index in [1.165, 1.54) is 12.4 Å². The minimum absolute atomic E-state index is 0.0235. The summed E-state index contributed by atoms with van der Waals surface area (Å²) in [6.45, 7) is 3.28. The Balaban J connectivity index is 1.76. The standard InChI is InChI=1S/C25H26F6N2O2/c1-3-14-7-18(24(26,27)28)9-16(22(14)34)12-32-20-5-6-21(11-20)33-13-17-10-19(25(29,30)31)8-15(4-2)23(17)35/h7-10,12-13,20-21,34-35H,3-6,11H2,1-2H3. The van der Waals surface area contributed by atoms with Gasteiger partial charge >= 0.3 is 12.4 Å². The van der Waals surface area contributed by atoms with Crippen LogP contribution in [0.5, 0.6) is 11.5 Å². The Kier molecular flexibility index (Phi) is 7.81. The van der Waals surface area contributed by atoms with Crippen LogP contribution in [0, 0.1) is 0 Å². The van der Waals surface area contributed by atoms with E-state index in [4.69, 9.17) is 0 Å². The van der Waals surface area contributed by atoms with Gasteiger partial charge in [-0.05, 0) is 67.5 Å². The van der Waals surface area contributed by atoms with Gasteiger partial charge in [-0.3, -0.25) is 9.98 Å². The van der Waals surface area contributed by atoms with Crippen LogP contribution in [0.2, 0.25) is 0 Å². The molecule has 0 aliphatic heterocycles. The first-order valence-electron chi connectivity index (χ1n) is 11.3. The molecule has 0 saturated heterocycles. The van der Waals surface area contributed by atoms with Gasteiger partial charge in [-0.25, -0.2) is 0 Å². The fraction of sp³-hybridized carbons (Fsp3) is 0.440. The lowest BCUT2D eigenvalue weighted by Gasteiger charge is -2.13. The zero-order valence-corrected chi connectivity index (χ0v) is 19.2. The van der Waals surface area contributed by atoms with E-state index in [1.807, 2.05) is 0 Å². The largest absolute Gasteiger partial charge is 0.507 e. The van der Waals surface area contributed by atoms with Crippen molar-refractivity contribution in [2.24, 2.45) is 9.98 Å². The maximum absolute atomic E-state index is 13.2. The Hall–Kier alpha value is -3.04. The maximum Gasteiger partial charge on any atom is 0.416 e. The summed E-state index contributed by atoms with van der Waals surface area (Å²) in [7, 11) is 0. The van der Waals surface area contributed by atoms with E-state index in [1.54, 1.807) is 13.8 Å². The monoisotopic (exact) mass is 500 g/mol. The van der Waals surface area contributed by atoms with E-state index < -0.39 is 23.5 Å². The van der Waals surface area contributed by atoms with Crippen molar-refractivity contribution in [2.75, 3.05) is 0 Å². The predicted octanol–water partition coefficient (Wildman–Crippen LogP) is 6.72. The second kappa shape index (κ2) is 10.3. The molecule has 0 amide bonds. The third-order valence-corrected chi connectivity index (χ3v) is 6.08. The molecule has 3 rings (SSSR count). The van der Waals surface area contributed by atoms with E-state index in [9.17, 15) is 36.6 Å². The minimum Gasteiger partial charge on any atom is -0.507 e. The quantitative estimate of drug-likeness (QED) is 0.342. The average molecular weight is 500 g/mol. The number of rotatable bonds is 6. The van der Waals surface area contributed by atoms with Crippen LogP contribution in [0.3, 0.4) is 0 Å². The first-order valence-corrected chi connectivity index (χ1v) is 11.3. The molecule has 0 aromatic heterocycles. The van der Waals surface area contributed by atoms with Gasteiger partial charge in [-0.1, -0.05) is 13.8 Å². The number of aryl methyl sites for hydroxylation is 2. The zero-order chi connectivity index (χ0) is 26.0. The van der Waals surface area contributed by atoms with Crippen molar-refractivity contribution in [2.45, 2.75) is 70.4 Å². The Bertz CT molecular complexity index is 1030. The highest BCUT2D eigenvalue weighted by atomic mass is 19.4. The number of aromatic hydroxyl groups is 2. The summed E-state index contributed by atoms with van der Waals surface area (Å²) >= 11 is 0. The number of phenolic OH excluding ortho intramolecular Hbond substituents is 2. The molecule has 2 atom stereocenters. The summed E-state index contributed by atoms with van der Waals surface area (Å²) < 4.78 is 79.1. The second-order valence-electron chi connectivity index (χ2n) is 8.53. The van der Waals surface area contributed by atoms with Crippen LogP contribution in [0.15, 0.2) is 34.3 Å². The van der Waals surface area contributed by atoms with Gasteiger partial charge < -0.3 is 10.2 Å². The number of phenols is 2. The average Bonchev–Trinajstić information content (AvgIpc) is 3.24. The molecule has 35 heavy (non-hydrogen) atoms. The van der Waals surface area contributed by atoms with Gasteiger partial charge in [0.25, 0.3) is 0 Å². The molecule has 0 spiro atoms. The van der Waals surface area contributed by atoms with E-state index >= 15 is 0 Å². The molecule has 190 valence electrons. The third-order valence-electron chi connectivity index (χ3n) is 6.08. The van der Waals surface area contributed by atoms with Crippen LogP contribution < -0.4 is 0 Å². The molecular formula is C25H26F6N2O2. The summed E-state index contributed by atoms with van der Waals surface area (Å²) in [5, 5.41) is 20.6. The lowest BCUT2D eigenvalue weighted by Crippen LogP contribution is -2.08. The molecule has 2 N–H and O–H groups in total. The van der Waals surface area contributed by atoms with Crippen molar-refractivity contribution < 1.29 is 36.6 Å². The Morgan fingerprint density at radius 1 is 0.743 bits per heavy atom. The van der Waals surface area contributed by atoms with Crippen LogP contribution in [-0.2, 0) is 25.2 Å². The van der Waals surface area contributed by atoms with E-state index in [2.05, 4.69) is 9.98 Å². The lowest BCUT2D eigenvalue weighted by molar-refractivity contribution is -0.138. The molecule has 1 aliphatic carbocycles. The van der Waals surface area contributed by atoms with E-state index in [-0.39, 0.29) is 58.7 Å². The molecule has 1 aliphatic rings. The summed E-state index contributed by atoms with van der Waals surface area (Å²) in [5.74, 6) is -0.493. The highest BCUT2D eigenvalue weighted by Gasteiger charge is 2.33. The van der Waals surface area contributed by atoms with Crippen LogP contribution in [0.1, 0.15) is 66.5 Å². The summed E-state index contributed by atoms with van der Waals surface area (Å²) in [6, 6.07) is 3.00. The number of alkyl halides is 6. The highest BCUT2D eigenvalue weighted by molar-refractivity contribution is 5.85. The van der Waals surface area contributed by atoms with Gasteiger partial charge in [0, 0.05) is 23.6 Å². The highest BCUT2D eigenvalue weighted by Crippen LogP contribution is 2.36. The SMILES string of the molecule is CCc1cc(C(F)(F)F)cc(C=NC2CCC(N=Cc3cc(C(F)(F)F)cc(CC)c3O)C2)c1O. The van der Waals surface area contributed by atoms with Gasteiger partial charge in [0.2, 0.25) is 0 Å². The minimum atomic E-state index is -4.56. The number of hydrogen-bond acceptors (Lipinski definition) is 4. The van der Waals surface area contributed by atoms with Crippen molar-refractivity contribution in [3.05, 3.63) is 57.6 Å². The summed E-state index contributed by atoms with van der Waals surface area (Å²) in [4.78, 5) is 8.65. The Morgan fingerprint density at radius 2 is 1.11 bits per heavy atom. The lowest BCUT2D eigenvalue weighted by atomic mass is 10.0. The van der Waals surface area contributed by atoms with Crippen LogP contribution in [-0.4, -0.2) is 34.7 Å². The third kappa shape index (κ3) is 6.35. The second-order valence-corrected chi connectivity index (χ2v) is 8.53. The molecular weight excluding hydrogens is 474 g/mol. The van der Waals surface area contributed by atoms with Crippen molar-refractivity contribution >= 4 is 12.4 Å². The molecule has 1 saturated carbocycles. The normalized spacial score (nSPS) is 19.3. The van der Waals surface area contributed by atoms with E-state index in [0.29, 0.717) is 19.3 Å². The van der Waals surface area contributed by atoms with E-state index in [0.717, 1.165) is 24.3 Å². The molecule has 10 heteroatoms. The fourth-order valence-corrected chi connectivity index (χ4v) is 4.08. The Labute approximate surface area is 199 Å². The number of nitrogens with zero attached hydrogens (tertiary/aromatic N) is 2. The molecule has 2 unspecified atom stereocenters. The first-order chi connectivity index (χ1) is 16.3.